The van der Waals surface area contributed by atoms with E-state index >= 15 is 0 Å². The fourth-order valence-corrected chi connectivity index (χ4v) is 4.00. The third-order valence-corrected chi connectivity index (χ3v) is 6.15. The van der Waals surface area contributed by atoms with Crippen molar-refractivity contribution in [3.8, 4) is 39.8 Å². The number of benzene rings is 1. The Morgan fingerprint density at radius 3 is 1.32 bits per heavy atom. The third kappa shape index (κ3) is 10.6. The van der Waals surface area contributed by atoms with E-state index in [0.717, 1.165) is 39.8 Å². The monoisotopic (exact) mass is 759 g/mol. The average Bonchev–Trinajstić information content (AvgIpc) is 3.03. The molecule has 223 valence electrons. The van der Waals surface area contributed by atoms with E-state index < -0.39 is 0 Å². The number of aromatic nitrogens is 5. The Hall–Kier alpha value is -4.63. The van der Waals surface area contributed by atoms with Gasteiger partial charge < -0.3 is 9.72 Å². The second kappa shape index (κ2) is 17.5. The molecule has 0 fully saturated rings. The molecule has 1 radical (unpaired) electrons. The van der Waals surface area contributed by atoms with Crippen molar-refractivity contribution in [2.75, 3.05) is 6.73 Å². The van der Waals surface area contributed by atoms with E-state index in [0.29, 0.717) is 0 Å². The molecular formula is C36H35N6OOs. The van der Waals surface area contributed by atoms with Gasteiger partial charge in [0, 0.05) is 31.0 Å². The van der Waals surface area contributed by atoms with Crippen molar-refractivity contribution in [3.63, 3.8) is 0 Å². The van der Waals surface area contributed by atoms with Crippen LogP contribution in [-0.4, -0.2) is 31.7 Å². The molecule has 0 amide bonds. The van der Waals surface area contributed by atoms with Gasteiger partial charge in [-0.2, -0.15) is 0 Å². The van der Waals surface area contributed by atoms with Gasteiger partial charge in [-0.15, -0.1) is 35.9 Å². The van der Waals surface area contributed by atoms with Gasteiger partial charge in [-0.05, 0) is 116 Å². The van der Waals surface area contributed by atoms with E-state index in [1.165, 1.54) is 22.3 Å². The Bertz CT molecular complexity index is 1570. The van der Waals surface area contributed by atoms with Crippen LogP contribution in [0.3, 0.4) is 0 Å². The van der Waals surface area contributed by atoms with E-state index in [1.807, 2.05) is 104 Å². The minimum atomic E-state index is 0. The van der Waals surface area contributed by atoms with Crippen LogP contribution in [0.1, 0.15) is 22.3 Å². The van der Waals surface area contributed by atoms with Crippen molar-refractivity contribution < 1.29 is 24.5 Å². The van der Waals surface area contributed by atoms with Crippen molar-refractivity contribution in [2.24, 2.45) is 5.73 Å². The summed E-state index contributed by atoms with van der Waals surface area (Å²) in [6.45, 7) is 8.39. The molecule has 7 nitrogen and oxygen atoms in total. The normalized spacial score (nSPS) is 9.84. The summed E-state index contributed by atoms with van der Waals surface area (Å²) in [4.78, 5) is 21.4. The van der Waals surface area contributed by atoms with Gasteiger partial charge in [0.1, 0.15) is 12.5 Å². The zero-order chi connectivity index (χ0) is 30.4. The van der Waals surface area contributed by atoms with Gasteiger partial charge in [0.05, 0.1) is 22.8 Å². The van der Waals surface area contributed by atoms with Crippen molar-refractivity contribution in [2.45, 2.75) is 27.7 Å². The molecule has 0 aliphatic heterocycles. The van der Waals surface area contributed by atoms with E-state index in [1.54, 1.807) is 12.3 Å². The molecule has 2 N–H and O–H groups in total. The second-order valence-electron chi connectivity index (χ2n) is 9.84. The summed E-state index contributed by atoms with van der Waals surface area (Å²) < 4.78 is 5.19. The topological polar surface area (TPSA) is 99.7 Å². The first-order valence-corrected chi connectivity index (χ1v) is 13.9. The van der Waals surface area contributed by atoms with Gasteiger partial charge in [0.2, 0.25) is 0 Å². The molecule has 6 aromatic rings. The molecule has 0 spiro atoms. The molecule has 0 bridgehead atoms. The first-order valence-electron chi connectivity index (χ1n) is 13.9. The molecule has 8 heteroatoms. The van der Waals surface area contributed by atoms with Gasteiger partial charge in [0.25, 0.3) is 0 Å². The first-order chi connectivity index (χ1) is 20.9. The van der Waals surface area contributed by atoms with E-state index in [9.17, 15) is 0 Å². The zero-order valence-electron chi connectivity index (χ0n) is 25.3. The second-order valence-corrected chi connectivity index (χ2v) is 9.84. The summed E-state index contributed by atoms with van der Waals surface area (Å²) in [6.07, 6.45) is 8.95. The molecule has 1 aromatic carbocycles. The number of hydrogen-bond donors (Lipinski definition) is 1. The molecule has 5 heterocycles. The zero-order valence-corrected chi connectivity index (χ0v) is 27.8. The van der Waals surface area contributed by atoms with Crippen LogP contribution in [0, 0.1) is 33.8 Å². The Labute approximate surface area is 272 Å². The predicted octanol–water partition coefficient (Wildman–Crippen LogP) is 7.36. The first kappa shape index (κ1) is 33.9. The van der Waals surface area contributed by atoms with Gasteiger partial charge in [-0.25, -0.2) is 0 Å². The molecule has 44 heavy (non-hydrogen) atoms. The van der Waals surface area contributed by atoms with Crippen LogP contribution in [0.5, 0.6) is 5.75 Å². The Morgan fingerprint density at radius 1 is 0.545 bits per heavy atom. The van der Waals surface area contributed by atoms with Crippen molar-refractivity contribution in [1.82, 2.24) is 24.9 Å². The molecule has 0 atom stereocenters. The van der Waals surface area contributed by atoms with Crippen molar-refractivity contribution in [1.29, 1.82) is 0 Å². The number of hydrogen-bond acceptors (Lipinski definition) is 7. The SMILES string of the molecule is Cc1ccnc(-c2cc(C)ccn2)c1.Cc1ccnc(-c2cc(C)ccn2)c1.NCOc1ccnc(-c2[c-]cccc2)c1.[Os+]. The molecule has 0 unspecified atom stereocenters. The van der Waals surface area contributed by atoms with Crippen molar-refractivity contribution in [3.05, 3.63) is 144 Å². The van der Waals surface area contributed by atoms with Gasteiger partial charge in [-0.3, -0.25) is 25.7 Å². The number of nitrogens with two attached hydrogens (primary N) is 1. The number of aryl methyl sites for hydroxylation is 4. The summed E-state index contributed by atoms with van der Waals surface area (Å²) in [5, 5.41) is 0. The Morgan fingerprint density at radius 2 is 0.955 bits per heavy atom. The molecule has 0 saturated heterocycles. The maximum Gasteiger partial charge on any atom is 1.00 e. The van der Waals surface area contributed by atoms with Crippen LogP contribution >= 0.6 is 0 Å². The van der Waals surface area contributed by atoms with Gasteiger partial charge in [-0.1, -0.05) is 0 Å². The van der Waals surface area contributed by atoms with Crippen LogP contribution in [0.25, 0.3) is 34.0 Å². The van der Waals surface area contributed by atoms with Crippen LogP contribution in [-0.2, 0) is 19.8 Å². The molecule has 6 rings (SSSR count). The largest absolute Gasteiger partial charge is 1.00 e. The van der Waals surface area contributed by atoms with E-state index in [2.05, 4.69) is 58.7 Å². The standard InChI is InChI=1S/C12H11N2O.2C12H12N2.Os/c13-9-15-11-6-7-14-12(8-11)10-4-2-1-3-5-10;2*1-9-3-5-13-11(7-9)12-8-10(2)4-6-14-12;/h1-4,6-8H,9,13H2;2*3-8H,1-2H3;/q-1;;;+1. The molecule has 0 saturated carbocycles. The summed E-state index contributed by atoms with van der Waals surface area (Å²) in [6, 6.07) is 30.5. The molecule has 5 aromatic heterocycles. The van der Waals surface area contributed by atoms with Crippen LogP contribution in [0.2, 0.25) is 0 Å². The van der Waals surface area contributed by atoms with E-state index in [-0.39, 0.29) is 26.5 Å². The van der Waals surface area contributed by atoms with Crippen LogP contribution in [0.15, 0.2) is 116 Å². The summed E-state index contributed by atoms with van der Waals surface area (Å²) in [7, 11) is 0. The molecular weight excluding hydrogens is 723 g/mol. The maximum absolute atomic E-state index is 5.30. The predicted molar refractivity (Wildman–Crippen MR) is 172 cm³/mol. The van der Waals surface area contributed by atoms with Gasteiger partial charge in [0.15, 0.2) is 0 Å². The number of ether oxygens (including phenoxy) is 1. The third-order valence-electron chi connectivity index (χ3n) is 6.15. The summed E-state index contributed by atoms with van der Waals surface area (Å²) >= 11 is 0. The number of pyridine rings is 5. The fraction of sp³-hybridized carbons (Fsp3) is 0.139. The maximum atomic E-state index is 5.30. The number of rotatable bonds is 5. The van der Waals surface area contributed by atoms with Crippen LogP contribution < -0.4 is 10.5 Å². The minimum Gasteiger partial charge on any atom is -0.479 e. The van der Waals surface area contributed by atoms with Crippen LogP contribution in [0.4, 0.5) is 0 Å². The minimum absolute atomic E-state index is 0. The Balaban J connectivity index is 0.000000178. The summed E-state index contributed by atoms with van der Waals surface area (Å²) in [5.41, 5.74) is 15.7. The average molecular weight is 758 g/mol. The smallest absolute Gasteiger partial charge is 0.479 e. The van der Waals surface area contributed by atoms with Crippen molar-refractivity contribution >= 4 is 0 Å². The quantitative estimate of drug-likeness (QED) is 0.145. The van der Waals surface area contributed by atoms with E-state index in [4.69, 9.17) is 10.5 Å². The van der Waals surface area contributed by atoms with Gasteiger partial charge >= 0.3 is 19.8 Å². The number of nitrogens with zero attached hydrogens (tertiary/aromatic N) is 5. The molecule has 0 aliphatic carbocycles. The fourth-order valence-electron chi connectivity index (χ4n) is 4.00. The summed E-state index contributed by atoms with van der Waals surface area (Å²) in [5.74, 6) is 0.722. The molecule has 0 aliphatic rings. The Kier molecular flexibility index (Phi) is 13.4.